The molecule has 0 amide bonds. The van der Waals surface area contributed by atoms with Crippen molar-refractivity contribution in [3.05, 3.63) is 53.0 Å². The highest BCUT2D eigenvalue weighted by molar-refractivity contribution is 5.95. The molecule has 0 saturated carbocycles. The van der Waals surface area contributed by atoms with Gasteiger partial charge in [-0.3, -0.25) is 0 Å². The van der Waals surface area contributed by atoms with Crippen molar-refractivity contribution in [3.63, 3.8) is 0 Å². The van der Waals surface area contributed by atoms with Gasteiger partial charge in [-0.1, -0.05) is 6.07 Å². The van der Waals surface area contributed by atoms with E-state index >= 15 is 0 Å². The molecule has 1 saturated heterocycles. The third-order valence-electron chi connectivity index (χ3n) is 5.62. The number of alkyl halides is 3. The van der Waals surface area contributed by atoms with Crippen molar-refractivity contribution in [2.24, 2.45) is 0 Å². The van der Waals surface area contributed by atoms with Gasteiger partial charge < -0.3 is 21.1 Å². The monoisotopic (exact) mass is 449 g/mol. The van der Waals surface area contributed by atoms with Gasteiger partial charge in [-0.15, -0.1) is 5.10 Å². The van der Waals surface area contributed by atoms with Gasteiger partial charge in [0.2, 0.25) is 0 Å². The van der Waals surface area contributed by atoms with Crippen molar-refractivity contribution in [2.45, 2.75) is 38.6 Å². The molecule has 1 atom stereocenters. The number of β-amino-alcohol motifs (C(OH)–C–C–N with tert-alkyl or cyclic N) is 1. The van der Waals surface area contributed by atoms with Crippen LogP contribution in [0.5, 0.6) is 0 Å². The largest absolute Gasteiger partial charge is 0.419 e. The standard InChI is InChI=1S/C22H23F4N5O/c1-11(16-6-13(27)7-18(19(16)23)22(24,25)26)28-20-17-8-14(31-9-21(3,32)10-31)4-5-15(17)12(2)29-30-20/h4-8,11,32H,9-10,27H2,1-3H3,(H,28,30)/t11-/m1/s1. The topological polar surface area (TPSA) is 87.3 Å². The molecule has 0 aliphatic carbocycles. The molecule has 4 N–H and O–H groups in total. The highest BCUT2D eigenvalue weighted by atomic mass is 19.4. The summed E-state index contributed by atoms with van der Waals surface area (Å²) in [5.74, 6) is -1.07. The van der Waals surface area contributed by atoms with Crippen LogP contribution in [-0.2, 0) is 6.18 Å². The lowest BCUT2D eigenvalue weighted by Gasteiger charge is -2.45. The van der Waals surface area contributed by atoms with E-state index in [9.17, 15) is 22.7 Å². The molecule has 1 aliphatic heterocycles. The Morgan fingerprint density at radius 2 is 1.84 bits per heavy atom. The Bertz CT molecular complexity index is 1190. The number of rotatable bonds is 4. The number of benzene rings is 2. The molecular formula is C22H23F4N5O. The Kier molecular flexibility index (Phi) is 5.15. The Labute approximate surface area is 182 Å². The summed E-state index contributed by atoms with van der Waals surface area (Å²) >= 11 is 0. The quantitative estimate of drug-likeness (QED) is 0.404. The van der Waals surface area contributed by atoms with Gasteiger partial charge in [0.25, 0.3) is 0 Å². The molecule has 0 bridgehead atoms. The highest BCUT2D eigenvalue weighted by Crippen LogP contribution is 2.37. The average molecular weight is 449 g/mol. The first-order valence-electron chi connectivity index (χ1n) is 10.0. The third-order valence-corrected chi connectivity index (χ3v) is 5.62. The smallest absolute Gasteiger partial charge is 0.399 e. The summed E-state index contributed by atoms with van der Waals surface area (Å²) < 4.78 is 54.3. The van der Waals surface area contributed by atoms with E-state index < -0.39 is 29.2 Å². The van der Waals surface area contributed by atoms with Crippen molar-refractivity contribution >= 4 is 28.0 Å². The van der Waals surface area contributed by atoms with E-state index in [1.807, 2.05) is 23.1 Å². The molecule has 0 radical (unpaired) electrons. The number of aliphatic hydroxyl groups is 1. The summed E-state index contributed by atoms with van der Waals surface area (Å²) in [5.41, 5.74) is 4.59. The molecule has 2 heterocycles. The van der Waals surface area contributed by atoms with Gasteiger partial charge in [-0.05, 0) is 45.0 Å². The lowest BCUT2D eigenvalue weighted by molar-refractivity contribution is -0.140. The number of nitrogens with two attached hydrogens (primary N) is 1. The van der Waals surface area contributed by atoms with Crippen molar-refractivity contribution < 1.29 is 22.7 Å². The van der Waals surface area contributed by atoms with Crippen molar-refractivity contribution in [1.82, 2.24) is 10.2 Å². The summed E-state index contributed by atoms with van der Waals surface area (Å²) in [6.45, 7) is 6.03. The number of hydrogen-bond donors (Lipinski definition) is 3. The molecule has 4 rings (SSSR count). The second-order valence-electron chi connectivity index (χ2n) is 8.55. The number of anilines is 3. The first-order valence-corrected chi connectivity index (χ1v) is 10.0. The minimum atomic E-state index is -4.86. The molecule has 32 heavy (non-hydrogen) atoms. The number of halogens is 4. The fourth-order valence-corrected chi connectivity index (χ4v) is 4.01. The Balaban J connectivity index is 1.72. The second-order valence-corrected chi connectivity index (χ2v) is 8.55. The van der Waals surface area contributed by atoms with Crippen LogP contribution in [0, 0.1) is 12.7 Å². The van der Waals surface area contributed by atoms with Gasteiger partial charge in [0.15, 0.2) is 5.82 Å². The summed E-state index contributed by atoms with van der Waals surface area (Å²) in [6, 6.07) is 6.55. The van der Waals surface area contributed by atoms with Crippen molar-refractivity contribution in [1.29, 1.82) is 0 Å². The van der Waals surface area contributed by atoms with Gasteiger partial charge in [0, 0.05) is 40.8 Å². The number of aryl methyl sites for hydroxylation is 1. The van der Waals surface area contributed by atoms with Gasteiger partial charge >= 0.3 is 6.18 Å². The van der Waals surface area contributed by atoms with E-state index in [-0.39, 0.29) is 11.3 Å². The molecule has 2 aromatic carbocycles. The van der Waals surface area contributed by atoms with Crippen LogP contribution < -0.4 is 16.0 Å². The first-order chi connectivity index (χ1) is 14.9. The van der Waals surface area contributed by atoms with Gasteiger partial charge in [-0.2, -0.15) is 18.3 Å². The molecule has 1 fully saturated rings. The van der Waals surface area contributed by atoms with Gasteiger partial charge in [0.05, 0.1) is 22.9 Å². The van der Waals surface area contributed by atoms with Crippen molar-refractivity contribution in [3.8, 4) is 0 Å². The Hall–Kier alpha value is -3.14. The zero-order valence-corrected chi connectivity index (χ0v) is 17.8. The van der Waals surface area contributed by atoms with Crippen LogP contribution in [0.4, 0.5) is 34.8 Å². The van der Waals surface area contributed by atoms with Gasteiger partial charge in [-0.25, -0.2) is 4.39 Å². The van der Waals surface area contributed by atoms with Crippen LogP contribution >= 0.6 is 0 Å². The predicted octanol–water partition coefficient (Wildman–Crippen LogP) is 4.42. The summed E-state index contributed by atoms with van der Waals surface area (Å²) in [6.07, 6.45) is -4.86. The lowest BCUT2D eigenvalue weighted by Crippen LogP contribution is -2.60. The number of hydrogen-bond acceptors (Lipinski definition) is 6. The van der Waals surface area contributed by atoms with Crippen LogP contribution in [-0.4, -0.2) is 34.0 Å². The molecule has 1 aliphatic rings. The number of aromatic nitrogens is 2. The molecular weight excluding hydrogens is 426 g/mol. The minimum absolute atomic E-state index is 0.186. The number of nitrogens with one attached hydrogen (secondary N) is 1. The van der Waals surface area contributed by atoms with Crippen LogP contribution in [0.3, 0.4) is 0 Å². The summed E-state index contributed by atoms with van der Waals surface area (Å²) in [7, 11) is 0. The fraction of sp³-hybridized carbons (Fsp3) is 0.364. The van der Waals surface area contributed by atoms with E-state index in [0.717, 1.165) is 11.1 Å². The van der Waals surface area contributed by atoms with Crippen LogP contribution in [0.1, 0.15) is 36.7 Å². The zero-order valence-electron chi connectivity index (χ0n) is 17.8. The number of fused-ring (bicyclic) bond motifs is 1. The average Bonchev–Trinajstić information content (AvgIpc) is 2.68. The van der Waals surface area contributed by atoms with Crippen molar-refractivity contribution in [2.75, 3.05) is 29.0 Å². The maximum atomic E-state index is 14.7. The lowest BCUT2D eigenvalue weighted by atomic mass is 9.95. The Morgan fingerprint density at radius 3 is 2.47 bits per heavy atom. The molecule has 0 unspecified atom stereocenters. The Morgan fingerprint density at radius 1 is 1.16 bits per heavy atom. The normalized spacial score (nSPS) is 16.7. The zero-order chi connectivity index (χ0) is 23.4. The second kappa shape index (κ2) is 7.47. The van der Waals surface area contributed by atoms with Crippen LogP contribution in [0.25, 0.3) is 10.8 Å². The highest BCUT2D eigenvalue weighted by Gasteiger charge is 2.37. The molecule has 3 aromatic rings. The van der Waals surface area contributed by atoms with E-state index in [2.05, 4.69) is 15.5 Å². The number of nitrogens with zero attached hydrogens (tertiary/aromatic N) is 3. The molecule has 170 valence electrons. The summed E-state index contributed by atoms with van der Waals surface area (Å²) in [4.78, 5) is 2.00. The SMILES string of the molecule is Cc1nnc(N[C@H](C)c2cc(N)cc(C(F)(F)F)c2F)c2cc(N3CC(C)(O)C3)ccc12. The summed E-state index contributed by atoms with van der Waals surface area (Å²) in [5, 5.41) is 22.8. The van der Waals surface area contributed by atoms with Crippen LogP contribution in [0.15, 0.2) is 30.3 Å². The van der Waals surface area contributed by atoms with E-state index in [0.29, 0.717) is 36.1 Å². The molecule has 0 spiro atoms. The van der Waals surface area contributed by atoms with Gasteiger partial charge in [0.1, 0.15) is 5.82 Å². The molecule has 1 aromatic heterocycles. The van der Waals surface area contributed by atoms with E-state index in [1.54, 1.807) is 13.8 Å². The predicted molar refractivity (Wildman–Crippen MR) is 115 cm³/mol. The molecule has 10 heteroatoms. The first kappa shape index (κ1) is 22.1. The third kappa shape index (κ3) is 4.02. The molecule has 6 nitrogen and oxygen atoms in total. The van der Waals surface area contributed by atoms with E-state index in [4.69, 9.17) is 5.73 Å². The maximum Gasteiger partial charge on any atom is 0.419 e. The van der Waals surface area contributed by atoms with Crippen LogP contribution in [0.2, 0.25) is 0 Å². The maximum absolute atomic E-state index is 14.7. The fourth-order valence-electron chi connectivity index (χ4n) is 4.01. The van der Waals surface area contributed by atoms with E-state index in [1.165, 1.54) is 13.0 Å². The number of nitrogen functional groups attached to an aromatic ring is 1. The minimum Gasteiger partial charge on any atom is -0.399 e.